The number of carbonyl (C=O) groups is 2. The minimum atomic E-state index is -3.07. The molecule has 1 N–H and O–H groups in total. The molecule has 1 aliphatic carbocycles. The molecule has 188 valence electrons. The van der Waals surface area contributed by atoms with Crippen molar-refractivity contribution in [3.05, 3.63) is 93.5 Å². The molecular weight excluding hydrogens is 550 g/mol. The fourth-order valence-corrected chi connectivity index (χ4v) is 4.90. The lowest BCUT2D eigenvalue weighted by Gasteiger charge is -2.09. The van der Waals surface area contributed by atoms with Gasteiger partial charge in [-0.15, -0.1) is 23.2 Å². The highest BCUT2D eigenvalue weighted by Gasteiger charge is 2.67. The normalized spacial score (nSPS) is 18.2. The summed E-state index contributed by atoms with van der Waals surface area (Å²) < 4.78 is 65.1. The minimum Gasteiger partial charge on any atom is -0.326 e. The number of anilines is 1. The van der Waals surface area contributed by atoms with Crippen molar-refractivity contribution < 1.29 is 31.5 Å². The molecule has 36 heavy (non-hydrogen) atoms. The molecule has 1 heterocycles. The fraction of sp³-hybridized carbons (Fsp3) is 0.208. The van der Waals surface area contributed by atoms with Crippen LogP contribution in [0.1, 0.15) is 39.5 Å². The number of hydrogen-bond acceptors (Lipinski definition) is 3. The maximum Gasteiger partial charge on any atom is 0.266 e. The van der Waals surface area contributed by atoms with Crippen molar-refractivity contribution >= 4 is 52.2 Å². The number of aromatic nitrogens is 1. The lowest BCUT2D eigenvalue weighted by Crippen LogP contribution is -2.17. The van der Waals surface area contributed by atoms with Gasteiger partial charge in [-0.2, -0.15) is 0 Å². The van der Waals surface area contributed by atoms with E-state index in [1.54, 1.807) is 0 Å². The number of carbonyl (C=O) groups excluding carboxylic acids is 2. The summed E-state index contributed by atoms with van der Waals surface area (Å²) in [4.78, 5) is 29.1. The van der Waals surface area contributed by atoms with E-state index in [4.69, 9.17) is 34.8 Å². The van der Waals surface area contributed by atoms with Crippen LogP contribution in [-0.2, 0) is 11.2 Å². The molecule has 0 spiro atoms. The van der Waals surface area contributed by atoms with Gasteiger partial charge in [-0.25, -0.2) is 22.0 Å². The number of rotatable bonds is 7. The zero-order valence-corrected chi connectivity index (χ0v) is 20.1. The van der Waals surface area contributed by atoms with E-state index in [-0.39, 0.29) is 27.5 Å². The molecule has 4 rings (SSSR count). The van der Waals surface area contributed by atoms with Crippen molar-refractivity contribution in [2.45, 2.75) is 23.1 Å². The van der Waals surface area contributed by atoms with Gasteiger partial charge in [0.1, 0.15) is 21.8 Å². The Morgan fingerprint density at radius 1 is 1.03 bits per heavy atom. The number of ketones is 1. The van der Waals surface area contributed by atoms with E-state index in [1.807, 2.05) is 0 Å². The van der Waals surface area contributed by atoms with E-state index in [0.717, 1.165) is 18.3 Å². The van der Waals surface area contributed by atoms with E-state index in [9.17, 15) is 31.5 Å². The van der Waals surface area contributed by atoms with Gasteiger partial charge < -0.3 is 5.32 Å². The van der Waals surface area contributed by atoms with Crippen molar-refractivity contribution in [3.8, 4) is 0 Å². The van der Waals surface area contributed by atoms with Gasteiger partial charge in [-0.05, 0) is 35.9 Å². The van der Waals surface area contributed by atoms with Crippen molar-refractivity contribution in [3.63, 3.8) is 0 Å². The van der Waals surface area contributed by atoms with Gasteiger partial charge in [0.15, 0.2) is 5.78 Å². The molecule has 4 nitrogen and oxygen atoms in total. The number of amides is 1. The summed E-state index contributed by atoms with van der Waals surface area (Å²) in [5, 5.41) is 2.55. The molecule has 2 unspecified atom stereocenters. The van der Waals surface area contributed by atoms with Crippen LogP contribution in [0.3, 0.4) is 0 Å². The zero-order chi connectivity index (χ0) is 26.4. The number of halogens is 8. The Hall–Kier alpha value is -2.75. The van der Waals surface area contributed by atoms with E-state index >= 15 is 0 Å². The Morgan fingerprint density at radius 2 is 1.75 bits per heavy atom. The number of alkyl halides is 4. The van der Waals surface area contributed by atoms with Gasteiger partial charge >= 0.3 is 0 Å². The average Bonchev–Trinajstić information content (AvgIpc) is 3.39. The maximum absolute atomic E-state index is 13.9. The number of pyridine rings is 1. The van der Waals surface area contributed by atoms with Gasteiger partial charge in [0, 0.05) is 23.2 Å². The zero-order valence-electron chi connectivity index (χ0n) is 17.8. The molecule has 0 radical (unpaired) electrons. The van der Waals surface area contributed by atoms with Gasteiger partial charge in [-0.3, -0.25) is 14.6 Å². The Morgan fingerprint density at radius 3 is 2.42 bits per heavy atom. The maximum atomic E-state index is 13.9. The van der Waals surface area contributed by atoms with Gasteiger partial charge in [0.25, 0.3) is 6.43 Å². The highest BCUT2D eigenvalue weighted by molar-refractivity contribution is 6.53. The number of benzene rings is 2. The lowest BCUT2D eigenvalue weighted by molar-refractivity contribution is -0.117. The number of nitrogens with zero attached hydrogens (tertiary/aromatic N) is 1. The third kappa shape index (κ3) is 5.19. The first-order valence-electron chi connectivity index (χ1n) is 10.3. The van der Waals surface area contributed by atoms with Gasteiger partial charge in [-0.1, -0.05) is 17.7 Å². The molecule has 1 fully saturated rings. The van der Waals surface area contributed by atoms with E-state index in [1.165, 1.54) is 24.3 Å². The van der Waals surface area contributed by atoms with Gasteiger partial charge in [0.2, 0.25) is 5.91 Å². The fourth-order valence-electron chi connectivity index (χ4n) is 3.85. The first-order chi connectivity index (χ1) is 16.9. The largest absolute Gasteiger partial charge is 0.326 e. The summed E-state index contributed by atoms with van der Waals surface area (Å²) in [6.45, 7) is 0. The molecule has 0 aliphatic heterocycles. The number of nitrogens with one attached hydrogen (secondary N) is 1. The van der Waals surface area contributed by atoms with Crippen LogP contribution in [0.15, 0.2) is 48.7 Å². The quantitative estimate of drug-likeness (QED) is 0.191. The molecule has 1 aliphatic rings. The Labute approximate surface area is 216 Å². The second-order valence-corrected chi connectivity index (χ2v) is 9.93. The SMILES string of the molecule is O=C(Cc1ncc(F)cc1F)c1cc(NC(=O)C2C(c3ccc(F)c(C(F)F)c3)C2(Cl)Cl)ccc1Cl. The van der Waals surface area contributed by atoms with Crippen molar-refractivity contribution in [1.29, 1.82) is 0 Å². The number of hydrogen-bond donors (Lipinski definition) is 1. The molecule has 1 aromatic heterocycles. The van der Waals surface area contributed by atoms with Crippen LogP contribution >= 0.6 is 34.8 Å². The lowest BCUT2D eigenvalue weighted by atomic mass is 10.0. The van der Waals surface area contributed by atoms with Crippen LogP contribution in [0, 0.1) is 23.4 Å². The molecule has 3 aromatic rings. The second kappa shape index (κ2) is 9.95. The molecule has 2 aromatic carbocycles. The molecular formula is C24H14Cl3F5N2O2. The third-order valence-corrected chi connectivity index (χ3v) is 6.97. The molecule has 0 bridgehead atoms. The van der Waals surface area contributed by atoms with Crippen LogP contribution in [-0.4, -0.2) is 21.0 Å². The van der Waals surface area contributed by atoms with Crippen LogP contribution in [0.25, 0.3) is 0 Å². The molecule has 1 saturated carbocycles. The van der Waals surface area contributed by atoms with Crippen molar-refractivity contribution in [1.82, 2.24) is 4.98 Å². The molecule has 12 heteroatoms. The summed E-state index contributed by atoms with van der Waals surface area (Å²) in [6.07, 6.45) is -2.82. The average molecular weight is 564 g/mol. The first kappa shape index (κ1) is 26.3. The highest BCUT2D eigenvalue weighted by Crippen LogP contribution is 2.65. The van der Waals surface area contributed by atoms with Crippen molar-refractivity contribution in [2.75, 3.05) is 5.32 Å². The minimum absolute atomic E-state index is 0.0136. The number of Topliss-reactive ketones (excluding diaryl/α,β-unsaturated/α-hetero) is 1. The van der Waals surface area contributed by atoms with E-state index in [2.05, 4.69) is 10.3 Å². The summed E-state index contributed by atoms with van der Waals surface area (Å²) in [5.41, 5.74) is -0.893. The van der Waals surface area contributed by atoms with Crippen LogP contribution in [0.2, 0.25) is 5.02 Å². The van der Waals surface area contributed by atoms with Crippen LogP contribution in [0.4, 0.5) is 27.6 Å². The van der Waals surface area contributed by atoms with E-state index in [0.29, 0.717) is 6.07 Å². The Bertz CT molecular complexity index is 1370. The standard InChI is InChI=1S/C24H14Cl3F5N2O2/c25-15-3-2-12(7-13(15)19(35)8-18-17(30)6-11(28)9-33-18)34-23(36)21-20(24(21,26)27)10-1-4-16(29)14(5-10)22(31)32/h1-7,9,20-22H,8H2,(H,34,36). The highest BCUT2D eigenvalue weighted by atomic mass is 35.5. The summed E-state index contributed by atoms with van der Waals surface area (Å²) in [7, 11) is 0. The molecule has 0 saturated heterocycles. The van der Waals surface area contributed by atoms with Crippen LogP contribution < -0.4 is 5.32 Å². The first-order valence-corrected chi connectivity index (χ1v) is 11.4. The van der Waals surface area contributed by atoms with Gasteiger partial charge in [0.05, 0.1) is 34.8 Å². The Kier molecular flexibility index (Phi) is 7.28. The smallest absolute Gasteiger partial charge is 0.266 e. The third-order valence-electron chi connectivity index (χ3n) is 5.70. The predicted octanol–water partition coefficient (Wildman–Crippen LogP) is 7.04. The van der Waals surface area contributed by atoms with E-state index < -0.39 is 63.7 Å². The monoisotopic (exact) mass is 562 g/mol. The summed E-state index contributed by atoms with van der Waals surface area (Å²) in [5.74, 6) is -6.28. The second-order valence-electron chi connectivity index (χ2n) is 8.08. The predicted molar refractivity (Wildman–Crippen MR) is 124 cm³/mol. The summed E-state index contributed by atoms with van der Waals surface area (Å²) in [6, 6.07) is 7.55. The molecule has 2 atom stereocenters. The van der Waals surface area contributed by atoms with Crippen molar-refractivity contribution in [2.24, 2.45) is 5.92 Å². The topological polar surface area (TPSA) is 59.1 Å². The Balaban J connectivity index is 1.52. The summed E-state index contributed by atoms with van der Waals surface area (Å²) >= 11 is 18.6. The molecule has 1 amide bonds. The van der Waals surface area contributed by atoms with Crippen LogP contribution in [0.5, 0.6) is 0 Å².